The molecule has 0 aliphatic heterocycles. The number of carbonyl (C=O) groups is 4. The third kappa shape index (κ3) is 16.0. The van der Waals surface area contributed by atoms with Gasteiger partial charge in [0.1, 0.15) is 0 Å². The average Bonchev–Trinajstić information content (AvgIpc) is 2.66. The number of nitrogens with one attached hydrogen (secondary N) is 2. The molecule has 28 heavy (non-hydrogen) atoms. The molecule has 162 valence electrons. The van der Waals surface area contributed by atoms with Crippen LogP contribution in [0, 0.1) is 0 Å². The lowest BCUT2D eigenvalue weighted by Crippen LogP contribution is -2.61. The highest BCUT2D eigenvalue weighted by atomic mass is 16.4. The summed E-state index contributed by atoms with van der Waals surface area (Å²) in [5.74, 6) is -5.64. The van der Waals surface area contributed by atoms with Crippen LogP contribution < -0.4 is 32.3 Å². The quantitative estimate of drug-likeness (QED) is 0.344. The summed E-state index contributed by atoms with van der Waals surface area (Å²) in [7, 11) is 0. The standard InChI is InChI=1S/C6H8N2O6.2C6H13N/c9-3(10)1-7-5(13)6(14)8-2-4(11)12;2*7-6-4-2-1-3-5-6/h1-2H2,(H,7,13)(H,8,14)(H,9,10)(H,11,12);2*6H,1-5,7H2. The molecule has 0 atom stereocenters. The number of rotatable bonds is 4. The van der Waals surface area contributed by atoms with E-state index < -0.39 is 36.8 Å². The van der Waals surface area contributed by atoms with Crippen molar-refractivity contribution < 1.29 is 40.9 Å². The van der Waals surface area contributed by atoms with Crippen molar-refractivity contribution in [3.63, 3.8) is 0 Å². The van der Waals surface area contributed by atoms with E-state index in [0.717, 1.165) is 12.1 Å². The van der Waals surface area contributed by atoms with E-state index in [4.69, 9.17) is 0 Å². The van der Waals surface area contributed by atoms with Gasteiger partial charge in [-0.2, -0.15) is 0 Å². The van der Waals surface area contributed by atoms with Crippen LogP contribution in [0.15, 0.2) is 0 Å². The van der Waals surface area contributed by atoms with Gasteiger partial charge in [-0.15, -0.1) is 0 Å². The van der Waals surface area contributed by atoms with Crippen LogP contribution in [0.25, 0.3) is 0 Å². The lowest BCUT2D eigenvalue weighted by molar-refractivity contribution is -0.425. The van der Waals surface area contributed by atoms with Crippen LogP contribution in [0.3, 0.4) is 0 Å². The van der Waals surface area contributed by atoms with Crippen LogP contribution in [0.1, 0.15) is 64.2 Å². The van der Waals surface area contributed by atoms with E-state index >= 15 is 0 Å². The Hall–Kier alpha value is -2.20. The summed E-state index contributed by atoms with van der Waals surface area (Å²) in [5, 5.41) is 23.0. The van der Waals surface area contributed by atoms with Gasteiger partial charge in [-0.3, -0.25) is 9.59 Å². The molecule has 10 nitrogen and oxygen atoms in total. The molecule has 0 saturated heterocycles. The molecular formula is C18H34N4O6. The molecule has 0 bridgehead atoms. The first-order valence-corrected chi connectivity index (χ1v) is 9.84. The lowest BCUT2D eigenvalue weighted by atomic mass is 9.97. The zero-order valence-electron chi connectivity index (χ0n) is 16.5. The summed E-state index contributed by atoms with van der Waals surface area (Å²) in [4.78, 5) is 40.9. The Labute approximate surface area is 165 Å². The maximum Gasteiger partial charge on any atom is 0.309 e. The van der Waals surface area contributed by atoms with Gasteiger partial charge in [0, 0.05) is 0 Å². The topological polar surface area (TPSA) is 194 Å². The lowest BCUT2D eigenvalue weighted by Gasteiger charge is -2.12. The van der Waals surface area contributed by atoms with E-state index in [1.807, 2.05) is 0 Å². The van der Waals surface area contributed by atoms with E-state index in [2.05, 4.69) is 11.5 Å². The normalized spacial score (nSPS) is 17.1. The van der Waals surface area contributed by atoms with Gasteiger partial charge in [-0.1, -0.05) is 12.8 Å². The molecule has 2 rings (SSSR count). The van der Waals surface area contributed by atoms with Gasteiger partial charge < -0.3 is 41.9 Å². The van der Waals surface area contributed by atoms with Crippen LogP contribution in [0.4, 0.5) is 0 Å². The van der Waals surface area contributed by atoms with Gasteiger partial charge >= 0.3 is 11.8 Å². The van der Waals surface area contributed by atoms with Crippen LogP contribution in [0.2, 0.25) is 0 Å². The molecule has 2 amide bonds. The Morgan fingerprint density at radius 2 is 0.929 bits per heavy atom. The summed E-state index contributed by atoms with van der Waals surface area (Å²) in [6.45, 7) is -1.64. The minimum Gasteiger partial charge on any atom is -0.548 e. The number of amides is 2. The van der Waals surface area contributed by atoms with Crippen LogP contribution in [-0.4, -0.2) is 48.9 Å². The number of hydrogen-bond donors (Lipinski definition) is 4. The first-order valence-electron chi connectivity index (χ1n) is 9.84. The maximum atomic E-state index is 10.6. The summed E-state index contributed by atoms with van der Waals surface area (Å²) in [6, 6.07) is 1.57. The highest BCUT2D eigenvalue weighted by Crippen LogP contribution is 2.14. The summed E-state index contributed by atoms with van der Waals surface area (Å²) >= 11 is 0. The van der Waals surface area contributed by atoms with Crippen molar-refractivity contribution in [3.05, 3.63) is 0 Å². The molecule has 10 heteroatoms. The first kappa shape index (κ1) is 25.8. The minimum absolute atomic E-state index is 0.786. The summed E-state index contributed by atoms with van der Waals surface area (Å²) in [6.07, 6.45) is 14.1. The van der Waals surface area contributed by atoms with Gasteiger partial charge in [0.2, 0.25) is 0 Å². The molecule has 0 radical (unpaired) electrons. The first-order chi connectivity index (χ1) is 13.2. The molecule has 2 aliphatic rings. The van der Waals surface area contributed by atoms with E-state index in [1.165, 1.54) is 64.2 Å². The predicted molar refractivity (Wildman–Crippen MR) is 95.6 cm³/mol. The SMILES string of the molecule is O=C([O-])CNC(=O)C(=O)NCC(=O)[O-].[NH3+]C1CCCCC1.[NH3+]C1CCCCC1. The molecule has 8 N–H and O–H groups in total. The molecule has 2 aliphatic carbocycles. The van der Waals surface area contributed by atoms with E-state index in [9.17, 15) is 29.4 Å². The van der Waals surface area contributed by atoms with Crippen molar-refractivity contribution in [2.75, 3.05) is 13.1 Å². The summed E-state index contributed by atoms with van der Waals surface area (Å²) < 4.78 is 0. The third-order valence-corrected chi connectivity index (χ3v) is 4.44. The maximum absolute atomic E-state index is 10.6. The molecule has 2 fully saturated rings. The second-order valence-electron chi connectivity index (χ2n) is 7.12. The van der Waals surface area contributed by atoms with Crippen molar-refractivity contribution in [2.24, 2.45) is 0 Å². The second kappa shape index (κ2) is 15.8. The zero-order chi connectivity index (χ0) is 21.4. The summed E-state index contributed by atoms with van der Waals surface area (Å²) in [5.41, 5.74) is 8.00. The molecule has 0 unspecified atom stereocenters. The van der Waals surface area contributed by atoms with Crippen molar-refractivity contribution in [3.8, 4) is 0 Å². The number of quaternary nitrogens is 2. The fourth-order valence-corrected chi connectivity index (χ4v) is 2.84. The average molecular weight is 402 g/mol. The van der Waals surface area contributed by atoms with Crippen LogP contribution in [0.5, 0.6) is 0 Å². The third-order valence-electron chi connectivity index (χ3n) is 4.44. The van der Waals surface area contributed by atoms with Gasteiger partial charge in [0.25, 0.3) is 0 Å². The van der Waals surface area contributed by atoms with Crippen molar-refractivity contribution in [2.45, 2.75) is 76.3 Å². The van der Waals surface area contributed by atoms with E-state index in [1.54, 1.807) is 10.6 Å². The Bertz CT molecular complexity index is 444. The fourth-order valence-electron chi connectivity index (χ4n) is 2.84. The molecule has 2 saturated carbocycles. The number of aliphatic carboxylic acids is 2. The van der Waals surface area contributed by atoms with Crippen molar-refractivity contribution in [1.29, 1.82) is 0 Å². The number of carboxylic acids is 2. The molecule has 0 heterocycles. The predicted octanol–water partition coefficient (Wildman–Crippen LogP) is -4.16. The highest BCUT2D eigenvalue weighted by molar-refractivity contribution is 6.35. The molecule has 0 aromatic rings. The molecule has 0 aromatic carbocycles. The number of carboxylic acid groups (broad SMARTS) is 2. The van der Waals surface area contributed by atoms with Crippen LogP contribution >= 0.6 is 0 Å². The highest BCUT2D eigenvalue weighted by Gasteiger charge is 2.12. The number of hydrogen-bond acceptors (Lipinski definition) is 6. The molecule has 0 spiro atoms. The Kier molecular flexibility index (Phi) is 14.6. The monoisotopic (exact) mass is 402 g/mol. The fraction of sp³-hybridized carbons (Fsp3) is 0.778. The smallest absolute Gasteiger partial charge is 0.309 e. The van der Waals surface area contributed by atoms with Gasteiger partial charge in [0.05, 0.1) is 37.1 Å². The minimum atomic E-state index is -1.56. The Morgan fingerprint density at radius 1 is 0.643 bits per heavy atom. The largest absolute Gasteiger partial charge is 0.548 e. The van der Waals surface area contributed by atoms with E-state index in [-0.39, 0.29) is 0 Å². The Morgan fingerprint density at radius 3 is 1.11 bits per heavy atom. The van der Waals surface area contributed by atoms with Gasteiger partial charge in [-0.25, -0.2) is 0 Å². The Balaban J connectivity index is 0.000000431. The van der Waals surface area contributed by atoms with Gasteiger partial charge in [0.15, 0.2) is 0 Å². The molecule has 0 aromatic heterocycles. The van der Waals surface area contributed by atoms with Crippen LogP contribution in [-0.2, 0) is 19.2 Å². The molecular weight excluding hydrogens is 368 g/mol. The zero-order valence-corrected chi connectivity index (χ0v) is 16.5. The van der Waals surface area contributed by atoms with E-state index in [0.29, 0.717) is 0 Å². The number of carbonyl (C=O) groups excluding carboxylic acids is 4. The second-order valence-corrected chi connectivity index (χ2v) is 7.12. The van der Waals surface area contributed by atoms with Crippen molar-refractivity contribution >= 4 is 23.8 Å². The van der Waals surface area contributed by atoms with Gasteiger partial charge in [-0.05, 0) is 51.4 Å². The van der Waals surface area contributed by atoms with Crippen molar-refractivity contribution in [1.82, 2.24) is 10.6 Å².